The number of benzene rings is 1. The maximum Gasteiger partial charge on any atom is 0.163 e. The van der Waals surface area contributed by atoms with Crippen molar-refractivity contribution in [3.8, 4) is 6.07 Å². The van der Waals surface area contributed by atoms with Gasteiger partial charge in [0.1, 0.15) is 12.1 Å². The van der Waals surface area contributed by atoms with Gasteiger partial charge in [0.25, 0.3) is 0 Å². The van der Waals surface area contributed by atoms with E-state index in [2.05, 4.69) is 50.7 Å². The Morgan fingerprint density at radius 2 is 2.00 bits per heavy atom. The smallest absolute Gasteiger partial charge is 0.163 e. The molecule has 0 aliphatic carbocycles. The molecule has 3 rings (SSSR count). The van der Waals surface area contributed by atoms with Crippen molar-refractivity contribution in [2.24, 2.45) is 0 Å². The highest BCUT2D eigenvalue weighted by molar-refractivity contribution is 5.86. The summed E-state index contributed by atoms with van der Waals surface area (Å²) in [5.41, 5.74) is 3.03. The zero-order valence-corrected chi connectivity index (χ0v) is 13.4. The number of ether oxygens (including phenoxy) is 1. The molecule has 0 aliphatic rings. The van der Waals surface area contributed by atoms with Crippen LogP contribution in [-0.2, 0) is 24.4 Å². The molecule has 1 N–H and O–H groups in total. The van der Waals surface area contributed by atoms with Crippen LogP contribution in [0.5, 0.6) is 0 Å². The van der Waals surface area contributed by atoms with Crippen molar-refractivity contribution in [2.45, 2.75) is 26.1 Å². The van der Waals surface area contributed by atoms with Crippen LogP contribution in [0, 0.1) is 11.3 Å². The normalized spacial score (nSPS) is 10.7. The molecule has 122 valence electrons. The highest BCUT2D eigenvalue weighted by Crippen LogP contribution is 2.19. The summed E-state index contributed by atoms with van der Waals surface area (Å²) in [5.74, 6) is 0.740. The molecule has 0 saturated heterocycles. The number of hydrogen-bond donors (Lipinski definition) is 1. The third kappa shape index (κ3) is 3.50. The van der Waals surface area contributed by atoms with Gasteiger partial charge in [-0.1, -0.05) is 24.3 Å². The maximum absolute atomic E-state index is 8.71. The molecular formula is C17H18N6O. The Labute approximate surface area is 139 Å². The molecule has 0 bridgehead atoms. The van der Waals surface area contributed by atoms with Gasteiger partial charge in [0.05, 0.1) is 37.2 Å². The quantitative estimate of drug-likeness (QED) is 0.719. The number of anilines is 1. The molecule has 0 unspecified atom stereocenters. The largest absolute Gasteiger partial charge is 0.380 e. The summed E-state index contributed by atoms with van der Waals surface area (Å²) in [6.07, 6.45) is 3.64. The van der Waals surface area contributed by atoms with Crippen molar-refractivity contribution in [3.05, 3.63) is 47.9 Å². The number of hydrogen-bond acceptors (Lipinski definition) is 6. The Kier molecular flexibility index (Phi) is 4.99. The molecule has 24 heavy (non-hydrogen) atoms. The van der Waals surface area contributed by atoms with Crippen LogP contribution in [0.15, 0.2) is 36.8 Å². The molecule has 3 aromatic rings. The molecule has 0 radical (unpaired) electrons. The second-order valence-corrected chi connectivity index (χ2v) is 5.34. The van der Waals surface area contributed by atoms with Crippen molar-refractivity contribution >= 4 is 16.9 Å². The molecule has 0 aliphatic heterocycles. The molecule has 0 saturated carbocycles. The minimum Gasteiger partial charge on any atom is -0.380 e. The molecule has 0 atom stereocenters. The fourth-order valence-electron chi connectivity index (χ4n) is 2.46. The minimum absolute atomic E-state index is 0.400. The van der Waals surface area contributed by atoms with E-state index >= 15 is 0 Å². The van der Waals surface area contributed by atoms with E-state index in [1.807, 2.05) is 0 Å². The van der Waals surface area contributed by atoms with E-state index < -0.39 is 0 Å². The van der Waals surface area contributed by atoms with E-state index in [4.69, 9.17) is 10.00 Å². The van der Waals surface area contributed by atoms with E-state index in [1.165, 1.54) is 6.33 Å². The Balaban J connectivity index is 1.73. The number of methoxy groups -OCH3 is 1. The first-order valence-corrected chi connectivity index (χ1v) is 7.66. The van der Waals surface area contributed by atoms with Crippen LogP contribution in [-0.4, -0.2) is 26.9 Å². The molecule has 0 fully saturated rings. The van der Waals surface area contributed by atoms with Gasteiger partial charge in [-0.2, -0.15) is 10.4 Å². The van der Waals surface area contributed by atoms with Crippen molar-refractivity contribution in [1.29, 1.82) is 5.26 Å². The second kappa shape index (κ2) is 7.53. The van der Waals surface area contributed by atoms with Gasteiger partial charge in [0.15, 0.2) is 5.65 Å². The number of nitrogens with zero attached hydrogens (tertiary/aromatic N) is 5. The SMILES string of the molecule is COCc1ccc(CNc2ncnc3c2cnn3CCC#N)cc1. The molecule has 2 aromatic heterocycles. The van der Waals surface area contributed by atoms with Crippen LogP contribution in [0.4, 0.5) is 5.82 Å². The van der Waals surface area contributed by atoms with E-state index in [-0.39, 0.29) is 0 Å². The summed E-state index contributed by atoms with van der Waals surface area (Å²) < 4.78 is 6.84. The number of nitriles is 1. The first-order chi connectivity index (χ1) is 11.8. The number of aromatic nitrogens is 4. The summed E-state index contributed by atoms with van der Waals surface area (Å²) >= 11 is 0. The van der Waals surface area contributed by atoms with Gasteiger partial charge in [-0.3, -0.25) is 0 Å². The van der Waals surface area contributed by atoms with Crippen molar-refractivity contribution in [1.82, 2.24) is 19.7 Å². The van der Waals surface area contributed by atoms with Crippen LogP contribution in [0.1, 0.15) is 17.5 Å². The number of rotatable bonds is 7. The fourth-order valence-corrected chi connectivity index (χ4v) is 2.46. The lowest BCUT2D eigenvalue weighted by Gasteiger charge is -2.07. The van der Waals surface area contributed by atoms with Crippen molar-refractivity contribution < 1.29 is 4.74 Å². The standard InChI is InChI=1S/C17H18N6O/c1-24-11-14-5-3-13(4-6-14)9-19-16-15-10-22-23(8-2-7-18)17(15)21-12-20-16/h3-6,10,12H,2,8-9,11H2,1H3,(H,19,20,21). The molecule has 0 amide bonds. The van der Waals surface area contributed by atoms with Crippen molar-refractivity contribution in [3.63, 3.8) is 0 Å². The van der Waals surface area contributed by atoms with E-state index in [0.717, 1.165) is 28.0 Å². The second-order valence-electron chi connectivity index (χ2n) is 5.34. The molecule has 1 aromatic carbocycles. The Morgan fingerprint density at radius 1 is 1.21 bits per heavy atom. The lowest BCUT2D eigenvalue weighted by Crippen LogP contribution is -2.04. The first-order valence-electron chi connectivity index (χ1n) is 7.66. The lowest BCUT2D eigenvalue weighted by atomic mass is 10.1. The number of aryl methyl sites for hydroxylation is 1. The monoisotopic (exact) mass is 322 g/mol. The highest BCUT2D eigenvalue weighted by Gasteiger charge is 2.09. The number of nitrogens with one attached hydrogen (secondary N) is 1. The zero-order chi connectivity index (χ0) is 16.8. The third-order valence-electron chi connectivity index (χ3n) is 3.66. The van der Waals surface area contributed by atoms with Gasteiger partial charge >= 0.3 is 0 Å². The van der Waals surface area contributed by atoms with E-state index in [9.17, 15) is 0 Å². The van der Waals surface area contributed by atoms with Gasteiger partial charge < -0.3 is 10.1 Å². The van der Waals surface area contributed by atoms with E-state index in [0.29, 0.717) is 26.1 Å². The number of fused-ring (bicyclic) bond motifs is 1. The average Bonchev–Trinajstić information content (AvgIpc) is 3.03. The van der Waals surface area contributed by atoms with E-state index in [1.54, 1.807) is 18.0 Å². The lowest BCUT2D eigenvalue weighted by molar-refractivity contribution is 0.185. The Morgan fingerprint density at radius 3 is 2.75 bits per heavy atom. The molecule has 0 spiro atoms. The summed E-state index contributed by atoms with van der Waals surface area (Å²) in [6, 6.07) is 10.4. The summed E-state index contributed by atoms with van der Waals surface area (Å²) in [4.78, 5) is 8.57. The van der Waals surface area contributed by atoms with Gasteiger partial charge in [0.2, 0.25) is 0 Å². The molecule has 2 heterocycles. The topological polar surface area (TPSA) is 88.7 Å². The highest BCUT2D eigenvalue weighted by atomic mass is 16.5. The van der Waals surface area contributed by atoms with Gasteiger partial charge in [-0.05, 0) is 11.1 Å². The fraction of sp³-hybridized carbons (Fsp3) is 0.294. The molecule has 7 nitrogen and oxygen atoms in total. The predicted octanol–water partition coefficient (Wildman–Crippen LogP) is 2.50. The Hall–Kier alpha value is -2.98. The van der Waals surface area contributed by atoms with Gasteiger partial charge in [-0.15, -0.1) is 0 Å². The maximum atomic E-state index is 8.71. The Bertz CT molecular complexity index is 850. The van der Waals surface area contributed by atoms with Crippen LogP contribution >= 0.6 is 0 Å². The van der Waals surface area contributed by atoms with Gasteiger partial charge in [0, 0.05) is 13.7 Å². The summed E-state index contributed by atoms with van der Waals surface area (Å²) in [7, 11) is 1.69. The minimum atomic E-state index is 0.400. The van der Waals surface area contributed by atoms with Gasteiger partial charge in [-0.25, -0.2) is 14.6 Å². The third-order valence-corrected chi connectivity index (χ3v) is 3.66. The first kappa shape index (κ1) is 15.9. The van der Waals surface area contributed by atoms with Crippen LogP contribution in [0.2, 0.25) is 0 Å². The van der Waals surface area contributed by atoms with Crippen molar-refractivity contribution in [2.75, 3.05) is 12.4 Å². The van der Waals surface area contributed by atoms with Crippen LogP contribution in [0.25, 0.3) is 11.0 Å². The zero-order valence-electron chi connectivity index (χ0n) is 13.4. The average molecular weight is 322 g/mol. The summed E-state index contributed by atoms with van der Waals surface area (Å²) in [6.45, 7) is 1.79. The van der Waals surface area contributed by atoms with Crippen LogP contribution < -0.4 is 5.32 Å². The molecular weight excluding hydrogens is 304 g/mol. The summed E-state index contributed by atoms with van der Waals surface area (Å²) in [5, 5.41) is 17.2. The van der Waals surface area contributed by atoms with Crippen LogP contribution in [0.3, 0.4) is 0 Å². The molecule has 7 heteroatoms. The predicted molar refractivity (Wildman–Crippen MR) is 90.0 cm³/mol.